The highest BCUT2D eigenvalue weighted by molar-refractivity contribution is 7.47. The van der Waals surface area contributed by atoms with Gasteiger partial charge in [-0.1, -0.05) is 0 Å². The Morgan fingerprint density at radius 3 is 2.40 bits per heavy atom. The molecule has 230 valence electrons. The van der Waals surface area contributed by atoms with E-state index in [0.717, 1.165) is 6.33 Å². The molecule has 3 fully saturated rings. The Hall–Kier alpha value is -3.20. The number of nitrogens with one attached hydrogen (secondary N) is 1. The molecule has 0 amide bonds. The average molecular weight is 643 g/mol. The van der Waals surface area contributed by atoms with Crippen molar-refractivity contribution in [2.24, 2.45) is 0 Å². The molecule has 2 bridgehead atoms. The number of hydrogen-bond donors (Lipinski definition) is 5. The van der Waals surface area contributed by atoms with Crippen LogP contribution in [-0.2, 0) is 36.7 Å². The van der Waals surface area contributed by atoms with Crippen molar-refractivity contribution in [3.8, 4) is 0 Å². The van der Waals surface area contributed by atoms with Crippen LogP contribution in [0.5, 0.6) is 0 Å². The number of nitrogens with zero attached hydrogens (tertiary/aromatic N) is 7. The van der Waals surface area contributed by atoms with Crippen LogP contribution in [0.4, 0.5) is 5.82 Å². The van der Waals surface area contributed by atoms with Crippen molar-refractivity contribution in [2.45, 2.75) is 49.4 Å². The lowest BCUT2D eigenvalue weighted by Crippen LogP contribution is -2.36. The van der Waals surface area contributed by atoms with Gasteiger partial charge in [-0.05, 0) is 0 Å². The molecular formula is C20H23N9O12P2. The first-order valence-corrected chi connectivity index (χ1v) is 15.6. The number of ether oxygens (including phenoxy) is 2. The normalized spacial score (nSPS) is 37.1. The Morgan fingerprint density at radius 1 is 0.884 bits per heavy atom. The monoisotopic (exact) mass is 643 g/mol. The number of aliphatic hydroxyl groups is 1. The molecule has 4 aromatic rings. The van der Waals surface area contributed by atoms with Gasteiger partial charge >= 0.3 is 15.6 Å². The average Bonchev–Trinajstić information content (AvgIpc) is 3.72. The highest BCUT2D eigenvalue weighted by atomic mass is 31.2. The molecule has 21 nitrogen and oxygen atoms in total. The zero-order valence-electron chi connectivity index (χ0n) is 21.6. The predicted molar refractivity (Wildman–Crippen MR) is 138 cm³/mol. The molecule has 23 heteroatoms. The maximum atomic E-state index is 13.1. The Kier molecular flexibility index (Phi) is 6.95. The number of rotatable bonds is 2. The Balaban J connectivity index is 1.18. The third kappa shape index (κ3) is 5.17. The molecule has 0 aromatic carbocycles. The summed E-state index contributed by atoms with van der Waals surface area (Å²) in [5.41, 5.74) is 5.77. The molecule has 9 atom stereocenters. The van der Waals surface area contributed by atoms with Crippen LogP contribution in [0.2, 0.25) is 0 Å². The van der Waals surface area contributed by atoms with Crippen LogP contribution in [-0.4, -0.2) is 97.7 Å². The van der Waals surface area contributed by atoms with E-state index >= 15 is 0 Å². The summed E-state index contributed by atoms with van der Waals surface area (Å²) < 4.78 is 61.7. The predicted octanol–water partition coefficient (Wildman–Crippen LogP) is -0.895. The molecule has 2 unspecified atom stereocenters. The van der Waals surface area contributed by atoms with Gasteiger partial charge in [0, 0.05) is 6.42 Å². The van der Waals surface area contributed by atoms with Gasteiger partial charge < -0.3 is 35.1 Å². The quantitative estimate of drug-likeness (QED) is 0.165. The molecule has 3 aliphatic rings. The van der Waals surface area contributed by atoms with Crippen molar-refractivity contribution in [3.05, 3.63) is 35.7 Å². The van der Waals surface area contributed by atoms with Crippen molar-refractivity contribution >= 4 is 43.8 Å². The highest BCUT2D eigenvalue weighted by Crippen LogP contribution is 2.53. The van der Waals surface area contributed by atoms with Gasteiger partial charge in [-0.15, -0.1) is 0 Å². The zero-order valence-corrected chi connectivity index (χ0v) is 23.4. The maximum absolute atomic E-state index is 13.1. The fourth-order valence-corrected chi connectivity index (χ4v) is 7.13. The molecule has 7 heterocycles. The second kappa shape index (κ2) is 10.5. The smallest absolute Gasteiger partial charge is 0.386 e. The first-order valence-electron chi connectivity index (χ1n) is 12.6. The number of fused-ring (bicyclic) bond motifs is 5. The first-order chi connectivity index (χ1) is 20.5. The minimum absolute atomic E-state index is 0.0204. The van der Waals surface area contributed by atoms with E-state index in [1.165, 1.54) is 28.1 Å². The van der Waals surface area contributed by atoms with Gasteiger partial charge in [0.2, 0.25) is 0 Å². The first kappa shape index (κ1) is 28.6. The molecule has 3 aliphatic heterocycles. The second-order valence-electron chi connectivity index (χ2n) is 9.82. The molecule has 6 N–H and O–H groups in total. The highest BCUT2D eigenvalue weighted by Gasteiger charge is 2.51. The summed E-state index contributed by atoms with van der Waals surface area (Å²) in [7, 11) is -9.79. The molecular weight excluding hydrogens is 620 g/mol. The van der Waals surface area contributed by atoms with Gasteiger partial charge in [-0.2, -0.15) is 0 Å². The van der Waals surface area contributed by atoms with E-state index in [1.807, 2.05) is 0 Å². The number of phosphoric ester groups is 2. The number of nitrogen functional groups attached to an aromatic ring is 1. The third-order valence-corrected chi connectivity index (χ3v) is 9.10. The van der Waals surface area contributed by atoms with Crippen LogP contribution in [0.25, 0.3) is 22.3 Å². The minimum Gasteiger partial charge on any atom is -0.386 e. The van der Waals surface area contributed by atoms with Crippen molar-refractivity contribution in [3.63, 3.8) is 0 Å². The maximum Gasteiger partial charge on any atom is 0.472 e. The number of phosphoric acid groups is 2. The second-order valence-corrected chi connectivity index (χ2v) is 12.6. The van der Waals surface area contributed by atoms with E-state index in [2.05, 4.69) is 29.9 Å². The fraction of sp³-hybridized carbons (Fsp3) is 0.500. The Bertz CT molecular complexity index is 1850. The lowest BCUT2D eigenvalue weighted by molar-refractivity contribution is -0.0670. The lowest BCUT2D eigenvalue weighted by Gasteiger charge is -2.25. The molecule has 4 aromatic heterocycles. The van der Waals surface area contributed by atoms with Gasteiger partial charge in [-0.25, -0.2) is 34.0 Å². The van der Waals surface area contributed by atoms with Gasteiger partial charge in [0.1, 0.15) is 36.3 Å². The van der Waals surface area contributed by atoms with E-state index in [1.54, 1.807) is 0 Å². The van der Waals surface area contributed by atoms with E-state index in [-0.39, 0.29) is 34.6 Å². The topological polar surface area (TPSA) is 283 Å². The van der Waals surface area contributed by atoms with Crippen LogP contribution in [0.1, 0.15) is 18.9 Å². The summed E-state index contributed by atoms with van der Waals surface area (Å²) in [6, 6.07) is 0. The van der Waals surface area contributed by atoms with E-state index in [4.69, 9.17) is 33.3 Å². The number of anilines is 1. The van der Waals surface area contributed by atoms with Crippen LogP contribution in [0.15, 0.2) is 30.1 Å². The number of aromatic nitrogens is 8. The van der Waals surface area contributed by atoms with E-state index in [9.17, 15) is 28.8 Å². The minimum atomic E-state index is -4.90. The molecule has 3 saturated heterocycles. The number of nitrogens with two attached hydrogens (primary N) is 1. The Morgan fingerprint density at radius 2 is 1.58 bits per heavy atom. The summed E-state index contributed by atoms with van der Waals surface area (Å²) in [6.07, 6.45) is -4.53. The van der Waals surface area contributed by atoms with Crippen LogP contribution >= 0.6 is 15.6 Å². The Labute approximate surface area is 238 Å². The molecule has 43 heavy (non-hydrogen) atoms. The standard InChI is InChI=1S/C20H23N9O12P2/c21-15-11-16(23-4-22-15)29(6-26-11)20-13(30)14-10(39-20)3-37-42(32,33)40-9-1-8(2-36-43(34,35)41-14)38-19(9)28-7-27-12-17(28)24-5-25-18(12)31/h4-10,13-14,19-20,30H,1-3H2,(H,32,33)(H,34,35)(H2,21,22,23)(H,24,25,31)/t8-,9+,10+,13+,14+,19+,20+/m0/s1. The van der Waals surface area contributed by atoms with Crippen molar-refractivity contribution in [2.75, 3.05) is 18.9 Å². The van der Waals surface area contributed by atoms with Gasteiger partial charge in [0.05, 0.1) is 38.3 Å². The van der Waals surface area contributed by atoms with Crippen LogP contribution < -0.4 is 11.3 Å². The number of hydrogen-bond acceptors (Lipinski definition) is 16. The summed E-state index contributed by atoms with van der Waals surface area (Å²) in [6.45, 7) is -1.26. The number of H-pyrrole nitrogens is 1. The van der Waals surface area contributed by atoms with E-state index < -0.39 is 77.4 Å². The van der Waals surface area contributed by atoms with Gasteiger partial charge in [0.15, 0.2) is 35.1 Å². The van der Waals surface area contributed by atoms with Crippen molar-refractivity contribution in [1.82, 2.24) is 39.0 Å². The molecule has 0 spiro atoms. The molecule has 0 aliphatic carbocycles. The van der Waals surface area contributed by atoms with E-state index in [0.29, 0.717) is 0 Å². The largest absolute Gasteiger partial charge is 0.472 e. The number of aromatic amines is 1. The SMILES string of the molecule is Nc1ncnc2c1ncn2[C@@H]1O[C@@H]2COP(=O)(O)O[C@@H]3C[C@@H](COP(=O)(O)O[C@H]2[C@H]1O)O[C@H]3n1cnc2c(=O)[nH]cnc21. The summed E-state index contributed by atoms with van der Waals surface area (Å²) in [5, 5.41) is 11.1. The molecule has 7 rings (SSSR count). The van der Waals surface area contributed by atoms with Gasteiger partial charge in [-0.3, -0.25) is 32.0 Å². The van der Waals surface area contributed by atoms with Crippen LogP contribution in [0, 0.1) is 0 Å². The summed E-state index contributed by atoms with van der Waals surface area (Å²) in [5.74, 6) is 0.0615. The third-order valence-electron chi connectivity index (χ3n) is 7.10. The summed E-state index contributed by atoms with van der Waals surface area (Å²) in [4.78, 5) is 55.9. The zero-order chi connectivity index (χ0) is 30.1. The lowest BCUT2D eigenvalue weighted by atomic mass is 10.1. The number of imidazole rings is 2. The van der Waals surface area contributed by atoms with Crippen molar-refractivity contribution in [1.29, 1.82) is 0 Å². The van der Waals surface area contributed by atoms with Crippen LogP contribution in [0.3, 0.4) is 0 Å². The molecule has 0 radical (unpaired) electrons. The summed E-state index contributed by atoms with van der Waals surface area (Å²) >= 11 is 0. The fourth-order valence-electron chi connectivity index (χ4n) is 5.21. The molecule has 0 saturated carbocycles. The number of aliphatic hydroxyl groups excluding tert-OH is 1. The van der Waals surface area contributed by atoms with Gasteiger partial charge in [0.25, 0.3) is 5.56 Å². The van der Waals surface area contributed by atoms with Crippen molar-refractivity contribution < 1.29 is 51.6 Å².